The van der Waals surface area contributed by atoms with Crippen molar-refractivity contribution in [1.82, 2.24) is 15.1 Å². The monoisotopic (exact) mass is 434 g/mol. The molecule has 5 atom stereocenters. The highest BCUT2D eigenvalue weighted by Crippen LogP contribution is 2.47. The van der Waals surface area contributed by atoms with Crippen molar-refractivity contribution in [3.8, 4) is 0 Å². The van der Waals surface area contributed by atoms with Gasteiger partial charge in [-0.25, -0.2) is 0 Å². The Morgan fingerprint density at radius 2 is 1.83 bits per heavy atom. The van der Waals surface area contributed by atoms with Gasteiger partial charge in [0, 0.05) is 44.6 Å². The van der Waals surface area contributed by atoms with Crippen molar-refractivity contribution < 1.29 is 4.74 Å². The summed E-state index contributed by atoms with van der Waals surface area (Å²) in [6.45, 7) is 8.81. The maximum Gasteiger partial charge on any atom is 0.193 e. The molecule has 0 amide bonds. The first kappa shape index (κ1) is 17.7. The molecule has 5 nitrogen and oxygen atoms in total. The molecule has 0 aromatic carbocycles. The van der Waals surface area contributed by atoms with Crippen LogP contribution >= 0.6 is 24.0 Å². The Labute approximate surface area is 157 Å². The Hall–Kier alpha value is -0.0800. The standard InChI is InChI=1S/C17H30N4O.HI/c1-3-18-17(19-8-12-6-7-20(2)9-12)21-10-13-14(11-21)16-5-4-15(13)22-16;/h12-16H,3-11H2,1-2H3,(H,18,19);1H. The van der Waals surface area contributed by atoms with Crippen LogP contribution in [0.25, 0.3) is 0 Å². The van der Waals surface area contributed by atoms with Gasteiger partial charge in [-0.05, 0) is 45.7 Å². The van der Waals surface area contributed by atoms with Crippen molar-refractivity contribution in [2.24, 2.45) is 22.7 Å². The lowest BCUT2D eigenvalue weighted by Gasteiger charge is -2.24. The number of aliphatic imine (C=N–C) groups is 1. The molecule has 1 N–H and O–H groups in total. The lowest BCUT2D eigenvalue weighted by atomic mass is 9.82. The van der Waals surface area contributed by atoms with E-state index in [4.69, 9.17) is 9.73 Å². The first-order valence-electron chi connectivity index (χ1n) is 9.12. The molecule has 2 bridgehead atoms. The number of hydrogen-bond acceptors (Lipinski definition) is 3. The molecule has 0 aromatic heterocycles. The third kappa shape index (κ3) is 3.49. The summed E-state index contributed by atoms with van der Waals surface area (Å²) in [6.07, 6.45) is 4.92. The van der Waals surface area contributed by atoms with E-state index in [0.717, 1.165) is 49.9 Å². The molecule has 4 aliphatic rings. The van der Waals surface area contributed by atoms with E-state index < -0.39 is 0 Å². The van der Waals surface area contributed by atoms with Crippen LogP contribution in [0.15, 0.2) is 4.99 Å². The van der Waals surface area contributed by atoms with Gasteiger partial charge in [0.15, 0.2) is 5.96 Å². The average Bonchev–Trinajstić information content (AvgIpc) is 3.24. The van der Waals surface area contributed by atoms with Gasteiger partial charge in [0.05, 0.1) is 12.2 Å². The number of halogens is 1. The Bertz CT molecular complexity index is 428. The van der Waals surface area contributed by atoms with Crippen molar-refractivity contribution in [2.75, 3.05) is 46.3 Å². The molecule has 0 aliphatic carbocycles. The lowest BCUT2D eigenvalue weighted by molar-refractivity contribution is 0.0767. The molecular weight excluding hydrogens is 403 g/mol. The molecule has 132 valence electrons. The van der Waals surface area contributed by atoms with Gasteiger partial charge >= 0.3 is 0 Å². The van der Waals surface area contributed by atoms with Gasteiger partial charge in [0.1, 0.15) is 0 Å². The minimum absolute atomic E-state index is 0. The third-order valence-electron chi connectivity index (χ3n) is 6.08. The van der Waals surface area contributed by atoms with E-state index >= 15 is 0 Å². The van der Waals surface area contributed by atoms with Gasteiger partial charge in [0.25, 0.3) is 0 Å². The van der Waals surface area contributed by atoms with Gasteiger partial charge in [-0.2, -0.15) is 0 Å². The van der Waals surface area contributed by atoms with Gasteiger partial charge in [-0.15, -0.1) is 24.0 Å². The van der Waals surface area contributed by atoms with Crippen LogP contribution in [0.4, 0.5) is 0 Å². The lowest BCUT2D eigenvalue weighted by Crippen LogP contribution is -2.41. The van der Waals surface area contributed by atoms with Crippen molar-refractivity contribution in [1.29, 1.82) is 0 Å². The molecule has 0 radical (unpaired) electrons. The van der Waals surface area contributed by atoms with E-state index in [-0.39, 0.29) is 24.0 Å². The summed E-state index contributed by atoms with van der Waals surface area (Å²) in [5, 5.41) is 3.52. The fourth-order valence-electron chi connectivity index (χ4n) is 4.95. The second-order valence-electron chi connectivity index (χ2n) is 7.63. The normalized spacial score (nSPS) is 39.7. The Balaban J connectivity index is 0.00000156. The van der Waals surface area contributed by atoms with Gasteiger partial charge in [-0.3, -0.25) is 4.99 Å². The van der Waals surface area contributed by atoms with Crippen molar-refractivity contribution in [2.45, 2.75) is 38.4 Å². The zero-order valence-electron chi connectivity index (χ0n) is 14.4. The molecule has 4 rings (SSSR count). The molecule has 23 heavy (non-hydrogen) atoms. The van der Waals surface area contributed by atoms with E-state index in [2.05, 4.69) is 29.1 Å². The second kappa shape index (κ2) is 7.44. The Morgan fingerprint density at radius 1 is 1.13 bits per heavy atom. The maximum absolute atomic E-state index is 6.09. The first-order valence-corrected chi connectivity index (χ1v) is 9.12. The molecule has 4 saturated heterocycles. The minimum Gasteiger partial charge on any atom is -0.374 e. The smallest absolute Gasteiger partial charge is 0.193 e. The Kier molecular flexibility index (Phi) is 5.73. The number of hydrogen-bond donors (Lipinski definition) is 1. The van der Waals surface area contributed by atoms with E-state index in [9.17, 15) is 0 Å². The molecule has 0 aromatic rings. The number of fused-ring (bicyclic) bond motifs is 5. The van der Waals surface area contributed by atoms with E-state index in [1.807, 2.05) is 0 Å². The van der Waals surface area contributed by atoms with Crippen LogP contribution < -0.4 is 5.32 Å². The minimum atomic E-state index is 0. The molecule has 6 heteroatoms. The summed E-state index contributed by atoms with van der Waals surface area (Å²) in [5.74, 6) is 3.38. The highest BCUT2D eigenvalue weighted by Gasteiger charge is 2.53. The van der Waals surface area contributed by atoms with Crippen LogP contribution in [0.5, 0.6) is 0 Å². The zero-order chi connectivity index (χ0) is 15.1. The molecule has 0 saturated carbocycles. The van der Waals surface area contributed by atoms with Gasteiger partial charge in [-0.1, -0.05) is 0 Å². The predicted molar refractivity (Wildman–Crippen MR) is 103 cm³/mol. The molecule has 4 fully saturated rings. The first-order chi connectivity index (χ1) is 10.7. The quantitative estimate of drug-likeness (QED) is 0.417. The van der Waals surface area contributed by atoms with E-state index in [0.29, 0.717) is 12.2 Å². The van der Waals surface area contributed by atoms with E-state index in [1.165, 1.54) is 32.4 Å². The molecule has 4 aliphatic heterocycles. The highest BCUT2D eigenvalue weighted by atomic mass is 127. The van der Waals surface area contributed by atoms with Crippen molar-refractivity contribution >= 4 is 29.9 Å². The Morgan fingerprint density at radius 3 is 2.39 bits per heavy atom. The van der Waals surface area contributed by atoms with Gasteiger partial charge in [0.2, 0.25) is 0 Å². The van der Waals surface area contributed by atoms with Crippen LogP contribution in [-0.2, 0) is 4.74 Å². The number of guanidine groups is 1. The predicted octanol–water partition coefficient (Wildman–Crippen LogP) is 1.63. The molecule has 0 spiro atoms. The maximum atomic E-state index is 6.09. The van der Waals surface area contributed by atoms with Crippen LogP contribution in [0, 0.1) is 17.8 Å². The van der Waals surface area contributed by atoms with Crippen LogP contribution in [0.2, 0.25) is 0 Å². The van der Waals surface area contributed by atoms with Crippen molar-refractivity contribution in [3.63, 3.8) is 0 Å². The van der Waals surface area contributed by atoms with Crippen LogP contribution in [0.1, 0.15) is 26.2 Å². The summed E-state index contributed by atoms with van der Waals surface area (Å²) in [4.78, 5) is 9.90. The summed E-state index contributed by atoms with van der Waals surface area (Å²) in [6, 6.07) is 0. The summed E-state index contributed by atoms with van der Waals surface area (Å²) >= 11 is 0. The average molecular weight is 434 g/mol. The SMILES string of the molecule is CCNC(=NCC1CCN(C)C1)N1CC2C3CCC(O3)C2C1.I. The number of nitrogens with one attached hydrogen (secondary N) is 1. The molecular formula is C17H31IN4O. The second-order valence-corrected chi connectivity index (χ2v) is 7.63. The van der Waals surface area contributed by atoms with E-state index in [1.54, 1.807) is 0 Å². The number of rotatable bonds is 3. The molecule has 5 unspecified atom stereocenters. The topological polar surface area (TPSA) is 40.1 Å². The summed E-state index contributed by atoms with van der Waals surface area (Å²) in [5.41, 5.74) is 0. The van der Waals surface area contributed by atoms with Crippen LogP contribution in [0.3, 0.4) is 0 Å². The highest BCUT2D eigenvalue weighted by molar-refractivity contribution is 14.0. The summed E-state index contributed by atoms with van der Waals surface area (Å²) in [7, 11) is 2.21. The number of likely N-dealkylation sites (tertiary alicyclic amines) is 2. The van der Waals surface area contributed by atoms with Gasteiger partial charge < -0.3 is 19.9 Å². The summed E-state index contributed by atoms with van der Waals surface area (Å²) < 4.78 is 6.09. The largest absolute Gasteiger partial charge is 0.374 e. The number of ether oxygens (including phenoxy) is 1. The number of nitrogens with zero attached hydrogens (tertiary/aromatic N) is 3. The zero-order valence-corrected chi connectivity index (χ0v) is 16.7. The fourth-order valence-corrected chi connectivity index (χ4v) is 4.95. The third-order valence-corrected chi connectivity index (χ3v) is 6.08. The molecule has 4 heterocycles. The van der Waals surface area contributed by atoms with Crippen LogP contribution in [-0.4, -0.2) is 74.3 Å². The fraction of sp³-hybridized carbons (Fsp3) is 0.941. The van der Waals surface area contributed by atoms with Crippen molar-refractivity contribution in [3.05, 3.63) is 0 Å².